The number of carbonyl (C=O) groups excluding carboxylic acids is 1. The number of aromatic hydroxyl groups is 1. The van der Waals surface area contributed by atoms with E-state index in [4.69, 9.17) is 4.99 Å². The number of anilines is 1. The van der Waals surface area contributed by atoms with Crippen LogP contribution in [-0.2, 0) is 17.6 Å². The zero-order chi connectivity index (χ0) is 27.2. The van der Waals surface area contributed by atoms with Crippen molar-refractivity contribution in [2.45, 2.75) is 26.7 Å². The van der Waals surface area contributed by atoms with Gasteiger partial charge in [0.1, 0.15) is 5.75 Å². The Labute approximate surface area is 232 Å². The van der Waals surface area contributed by atoms with Gasteiger partial charge >= 0.3 is 0 Å². The van der Waals surface area contributed by atoms with Crippen LogP contribution in [0, 0.1) is 0 Å². The molecule has 1 amide bonds. The van der Waals surface area contributed by atoms with E-state index >= 15 is 0 Å². The van der Waals surface area contributed by atoms with Crippen molar-refractivity contribution >= 4 is 51.7 Å². The summed E-state index contributed by atoms with van der Waals surface area (Å²) in [5, 5.41) is 19.7. The van der Waals surface area contributed by atoms with Crippen molar-refractivity contribution in [1.29, 1.82) is 0 Å². The molecule has 5 rings (SSSR count). The fourth-order valence-electron chi connectivity index (χ4n) is 4.04. The lowest BCUT2D eigenvalue weighted by atomic mass is 10.1. The minimum absolute atomic E-state index is 0.0500. The average molecular weight is 533 g/mol. The standard InChI is InChI=1S/C32H28N4O2S/c1-3-22-10-14-25(15-11-22)33-32-36(28-17-12-23(4-2)13-18-28)31(38)30(39-32)21-24-20-27(16-19-29(24)37)35-34-26-8-6-5-7-9-26/h5-21,37H,3-4H2,1-2H3/b30-21-,33-32?,35-34?. The number of nitrogens with zero attached hydrogens (tertiary/aromatic N) is 4. The van der Waals surface area contributed by atoms with Crippen LogP contribution in [0.2, 0.25) is 0 Å². The van der Waals surface area contributed by atoms with E-state index in [0.717, 1.165) is 29.9 Å². The monoisotopic (exact) mass is 532 g/mol. The molecule has 4 aromatic carbocycles. The van der Waals surface area contributed by atoms with Gasteiger partial charge in [0, 0.05) is 5.56 Å². The van der Waals surface area contributed by atoms with E-state index in [1.54, 1.807) is 29.2 Å². The Kier molecular flexibility index (Phi) is 7.99. The van der Waals surface area contributed by atoms with Gasteiger partial charge in [-0.05, 0) is 96.4 Å². The fourth-order valence-corrected chi connectivity index (χ4v) is 5.04. The highest BCUT2D eigenvalue weighted by atomic mass is 32.2. The van der Waals surface area contributed by atoms with Gasteiger partial charge in [-0.2, -0.15) is 10.2 Å². The first-order valence-electron chi connectivity index (χ1n) is 12.8. The third kappa shape index (κ3) is 6.16. The molecule has 1 fully saturated rings. The zero-order valence-electron chi connectivity index (χ0n) is 21.8. The van der Waals surface area contributed by atoms with Gasteiger partial charge in [-0.1, -0.05) is 56.3 Å². The van der Waals surface area contributed by atoms with Gasteiger partial charge in [0.25, 0.3) is 5.91 Å². The molecule has 0 aromatic heterocycles. The molecule has 39 heavy (non-hydrogen) atoms. The Bertz CT molecular complexity index is 1560. The van der Waals surface area contributed by atoms with Gasteiger partial charge < -0.3 is 5.11 Å². The van der Waals surface area contributed by atoms with Crippen LogP contribution in [0.4, 0.5) is 22.7 Å². The molecule has 0 radical (unpaired) electrons. The van der Waals surface area contributed by atoms with Crippen LogP contribution >= 0.6 is 11.8 Å². The summed E-state index contributed by atoms with van der Waals surface area (Å²) in [7, 11) is 0. The van der Waals surface area contributed by atoms with Crippen LogP contribution in [-0.4, -0.2) is 16.2 Å². The molecule has 1 saturated heterocycles. The number of aliphatic imine (C=N–C) groups is 1. The number of thioether (sulfide) groups is 1. The fraction of sp³-hybridized carbons (Fsp3) is 0.125. The lowest BCUT2D eigenvalue weighted by Gasteiger charge is -2.16. The topological polar surface area (TPSA) is 77.6 Å². The van der Waals surface area contributed by atoms with Crippen molar-refractivity contribution in [2.24, 2.45) is 15.2 Å². The Morgan fingerprint density at radius 2 is 1.38 bits per heavy atom. The first kappa shape index (κ1) is 26.1. The molecular weight excluding hydrogens is 504 g/mol. The average Bonchev–Trinajstić information content (AvgIpc) is 3.28. The minimum atomic E-state index is -0.205. The normalized spacial score (nSPS) is 15.6. The predicted molar refractivity (Wildman–Crippen MR) is 161 cm³/mol. The van der Waals surface area contributed by atoms with Crippen molar-refractivity contribution in [2.75, 3.05) is 4.90 Å². The van der Waals surface area contributed by atoms with E-state index < -0.39 is 0 Å². The number of phenols is 1. The summed E-state index contributed by atoms with van der Waals surface area (Å²) in [5.41, 5.74) is 5.69. The quantitative estimate of drug-likeness (QED) is 0.191. The second-order valence-corrected chi connectivity index (χ2v) is 9.97. The molecule has 6 nitrogen and oxygen atoms in total. The number of azo groups is 1. The largest absolute Gasteiger partial charge is 0.507 e. The molecule has 194 valence electrons. The number of hydrogen-bond donors (Lipinski definition) is 1. The number of phenolic OH excluding ortho intramolecular Hbond substituents is 1. The van der Waals surface area contributed by atoms with E-state index in [0.29, 0.717) is 21.3 Å². The summed E-state index contributed by atoms with van der Waals surface area (Å²) < 4.78 is 0. The summed E-state index contributed by atoms with van der Waals surface area (Å²) in [4.78, 5) is 20.6. The number of benzene rings is 4. The van der Waals surface area contributed by atoms with E-state index in [9.17, 15) is 9.90 Å². The van der Waals surface area contributed by atoms with E-state index in [1.807, 2.05) is 78.9 Å². The van der Waals surface area contributed by atoms with Gasteiger partial charge in [0.2, 0.25) is 0 Å². The van der Waals surface area contributed by atoms with Crippen LogP contribution in [0.15, 0.2) is 117 Å². The third-order valence-corrected chi connectivity index (χ3v) is 7.28. The van der Waals surface area contributed by atoms with Gasteiger partial charge in [0.05, 0.1) is 27.7 Å². The number of rotatable bonds is 7. The Morgan fingerprint density at radius 1 is 0.769 bits per heavy atom. The molecule has 1 aliphatic rings. The lowest BCUT2D eigenvalue weighted by molar-refractivity contribution is -0.113. The van der Waals surface area contributed by atoms with Crippen molar-refractivity contribution < 1.29 is 9.90 Å². The van der Waals surface area contributed by atoms with E-state index in [2.05, 4.69) is 24.1 Å². The number of amides is 1. The van der Waals surface area contributed by atoms with Crippen LogP contribution in [0.5, 0.6) is 5.75 Å². The minimum Gasteiger partial charge on any atom is -0.507 e. The lowest BCUT2D eigenvalue weighted by Crippen LogP contribution is -2.28. The maximum absolute atomic E-state index is 13.7. The maximum atomic E-state index is 13.7. The van der Waals surface area contributed by atoms with Gasteiger partial charge in [-0.3, -0.25) is 9.69 Å². The predicted octanol–water partition coefficient (Wildman–Crippen LogP) is 8.74. The SMILES string of the molecule is CCc1ccc(N=C2S/C(=C\c3cc(N=Nc4ccccc4)ccc3O)C(=O)N2c2ccc(CC)cc2)cc1. The molecule has 4 aromatic rings. The number of aryl methyl sites for hydroxylation is 2. The highest BCUT2D eigenvalue weighted by Gasteiger charge is 2.35. The van der Waals surface area contributed by atoms with Gasteiger partial charge in [0.15, 0.2) is 5.17 Å². The zero-order valence-corrected chi connectivity index (χ0v) is 22.6. The molecule has 0 aliphatic carbocycles. The van der Waals surface area contributed by atoms with E-state index in [1.165, 1.54) is 22.9 Å². The van der Waals surface area contributed by atoms with Crippen molar-refractivity contribution in [3.8, 4) is 5.75 Å². The highest BCUT2D eigenvalue weighted by Crippen LogP contribution is 2.39. The number of carbonyl (C=O) groups is 1. The molecule has 7 heteroatoms. The molecular formula is C32H28N4O2S. The molecule has 1 N–H and O–H groups in total. The molecule has 0 bridgehead atoms. The smallest absolute Gasteiger partial charge is 0.271 e. The van der Waals surface area contributed by atoms with Crippen LogP contribution in [0.3, 0.4) is 0 Å². The molecule has 0 unspecified atom stereocenters. The van der Waals surface area contributed by atoms with Crippen molar-refractivity contribution in [3.63, 3.8) is 0 Å². The second kappa shape index (κ2) is 11.9. The van der Waals surface area contributed by atoms with Crippen LogP contribution in [0.25, 0.3) is 6.08 Å². The third-order valence-electron chi connectivity index (χ3n) is 6.31. The number of amidine groups is 1. The molecule has 0 saturated carbocycles. The first-order valence-corrected chi connectivity index (χ1v) is 13.7. The van der Waals surface area contributed by atoms with Crippen molar-refractivity contribution in [1.82, 2.24) is 0 Å². The second-order valence-electron chi connectivity index (χ2n) is 8.96. The summed E-state index contributed by atoms with van der Waals surface area (Å²) in [6.45, 7) is 4.21. The molecule has 0 spiro atoms. The van der Waals surface area contributed by atoms with E-state index in [-0.39, 0.29) is 11.7 Å². The van der Waals surface area contributed by atoms with Crippen LogP contribution in [0.1, 0.15) is 30.5 Å². The maximum Gasteiger partial charge on any atom is 0.271 e. The summed E-state index contributed by atoms with van der Waals surface area (Å²) in [5.74, 6) is -0.155. The molecule has 1 aliphatic heterocycles. The first-order chi connectivity index (χ1) is 19.0. The van der Waals surface area contributed by atoms with Crippen LogP contribution < -0.4 is 4.90 Å². The molecule has 1 heterocycles. The Hall–Kier alpha value is -4.49. The highest BCUT2D eigenvalue weighted by molar-refractivity contribution is 8.19. The van der Waals surface area contributed by atoms with Gasteiger partial charge in [-0.15, -0.1) is 0 Å². The summed E-state index contributed by atoms with van der Waals surface area (Å²) in [6, 6.07) is 30.3. The van der Waals surface area contributed by atoms with Crippen molar-refractivity contribution in [3.05, 3.63) is 119 Å². The summed E-state index contributed by atoms with van der Waals surface area (Å²) >= 11 is 1.28. The van der Waals surface area contributed by atoms with Gasteiger partial charge in [-0.25, -0.2) is 4.99 Å². The molecule has 0 atom stereocenters. The Morgan fingerprint density at radius 3 is 2.05 bits per heavy atom. The summed E-state index contributed by atoms with van der Waals surface area (Å²) in [6.07, 6.45) is 3.54. The number of hydrogen-bond acceptors (Lipinski definition) is 6. The Balaban J connectivity index is 1.50.